The van der Waals surface area contributed by atoms with Crippen molar-refractivity contribution in [1.82, 2.24) is 10.3 Å². The number of halogens is 1. The first kappa shape index (κ1) is 19.2. The summed E-state index contributed by atoms with van der Waals surface area (Å²) in [5.74, 6) is 0.316. The molecule has 0 bridgehead atoms. The van der Waals surface area contributed by atoms with E-state index in [1.54, 1.807) is 12.1 Å². The van der Waals surface area contributed by atoms with Gasteiger partial charge in [-0.05, 0) is 43.0 Å². The molecule has 1 aliphatic rings. The maximum atomic E-state index is 13.0. The molecule has 1 aromatic carbocycles. The molecular weight excluding hydrogens is 371 g/mol. The highest BCUT2D eigenvalue weighted by molar-refractivity contribution is 7.84. The normalized spacial score (nSPS) is 21.3. The minimum Gasteiger partial charge on any atom is -0.352 e. The largest absolute Gasteiger partial charge is 0.352 e. The summed E-state index contributed by atoms with van der Waals surface area (Å²) in [6.45, 7) is 2.16. The molecule has 0 aliphatic heterocycles. The lowest BCUT2D eigenvalue weighted by molar-refractivity contribution is -0.119. The number of rotatable bonds is 6. The second-order valence-corrected chi connectivity index (χ2v) is 9.13. The van der Waals surface area contributed by atoms with Crippen molar-refractivity contribution in [1.29, 1.82) is 0 Å². The predicted molar refractivity (Wildman–Crippen MR) is 104 cm³/mol. The maximum Gasteiger partial charge on any atom is 0.232 e. The van der Waals surface area contributed by atoms with E-state index in [4.69, 9.17) is 0 Å². The number of benzene rings is 1. The minimum atomic E-state index is -1.29. The average Bonchev–Trinajstić information content (AvgIpc) is 3.05. The van der Waals surface area contributed by atoms with E-state index in [1.165, 1.54) is 29.9 Å². The Morgan fingerprint density at radius 3 is 2.77 bits per heavy atom. The third kappa shape index (κ3) is 5.20. The van der Waals surface area contributed by atoms with Crippen molar-refractivity contribution in [3.05, 3.63) is 41.2 Å². The molecule has 7 heteroatoms. The fourth-order valence-electron chi connectivity index (χ4n) is 3.24. The molecule has 3 rings (SSSR count). The Morgan fingerprint density at radius 1 is 1.31 bits per heavy atom. The summed E-state index contributed by atoms with van der Waals surface area (Å²) in [5.41, 5.74) is 1.53. The van der Waals surface area contributed by atoms with E-state index in [1.807, 2.05) is 5.38 Å². The van der Waals surface area contributed by atoms with Crippen LogP contribution >= 0.6 is 11.3 Å². The number of amides is 1. The van der Waals surface area contributed by atoms with Gasteiger partial charge < -0.3 is 5.32 Å². The Hall–Kier alpha value is -1.60. The topological polar surface area (TPSA) is 59.1 Å². The standard InChI is InChI=1S/C19H23FN2O2S2/c1-13-4-2-3-5-17(13)22-18(23)12-26(24)11-16-10-25-19(21-16)14-6-8-15(20)9-7-14/h6-10,13,17H,2-5,11-12H2,1H3,(H,22,23)/t13-,17+,26+/m1/s1. The molecule has 0 spiro atoms. The van der Waals surface area contributed by atoms with Crippen molar-refractivity contribution in [3.63, 3.8) is 0 Å². The number of aromatic nitrogens is 1. The first-order chi connectivity index (χ1) is 12.5. The number of thiazole rings is 1. The van der Waals surface area contributed by atoms with Crippen LogP contribution in [-0.2, 0) is 21.3 Å². The van der Waals surface area contributed by atoms with E-state index in [9.17, 15) is 13.4 Å². The van der Waals surface area contributed by atoms with Crippen LogP contribution in [0.3, 0.4) is 0 Å². The van der Waals surface area contributed by atoms with Gasteiger partial charge in [0.05, 0.1) is 11.4 Å². The quantitative estimate of drug-likeness (QED) is 0.809. The fourth-order valence-corrected chi connectivity index (χ4v) is 5.13. The van der Waals surface area contributed by atoms with Gasteiger partial charge in [-0.25, -0.2) is 9.37 Å². The van der Waals surface area contributed by atoms with E-state index in [0.717, 1.165) is 29.8 Å². The highest BCUT2D eigenvalue weighted by atomic mass is 32.2. The van der Waals surface area contributed by atoms with Crippen molar-refractivity contribution in [2.75, 3.05) is 5.75 Å². The van der Waals surface area contributed by atoms with Crippen molar-refractivity contribution in [2.45, 2.75) is 44.4 Å². The van der Waals surface area contributed by atoms with Gasteiger partial charge in [0, 0.05) is 27.8 Å². The average molecular weight is 395 g/mol. The van der Waals surface area contributed by atoms with Gasteiger partial charge in [-0.15, -0.1) is 11.3 Å². The SMILES string of the molecule is C[C@@H]1CCCC[C@@H]1NC(=O)C[S@@](=O)Cc1csc(-c2ccc(F)cc2)n1. The van der Waals surface area contributed by atoms with Gasteiger partial charge in [0.1, 0.15) is 16.6 Å². The Bertz CT molecular complexity index is 776. The van der Waals surface area contributed by atoms with E-state index in [2.05, 4.69) is 17.2 Å². The van der Waals surface area contributed by atoms with Crippen molar-refractivity contribution in [3.8, 4) is 10.6 Å². The summed E-state index contributed by atoms with van der Waals surface area (Å²) in [6.07, 6.45) is 4.51. The number of hydrogen-bond donors (Lipinski definition) is 1. The van der Waals surface area contributed by atoms with Crippen LogP contribution in [0.1, 0.15) is 38.3 Å². The minimum absolute atomic E-state index is 0.00658. The van der Waals surface area contributed by atoms with Gasteiger partial charge >= 0.3 is 0 Å². The molecule has 1 aliphatic carbocycles. The summed E-state index contributed by atoms with van der Waals surface area (Å²) < 4.78 is 25.3. The Morgan fingerprint density at radius 2 is 2.04 bits per heavy atom. The first-order valence-electron chi connectivity index (χ1n) is 8.86. The molecule has 1 aromatic heterocycles. The molecule has 26 heavy (non-hydrogen) atoms. The van der Waals surface area contributed by atoms with Crippen LogP contribution < -0.4 is 5.32 Å². The second kappa shape index (κ2) is 8.86. The molecule has 4 nitrogen and oxygen atoms in total. The molecule has 140 valence electrons. The van der Waals surface area contributed by atoms with Crippen LogP contribution in [0.15, 0.2) is 29.6 Å². The molecule has 0 saturated heterocycles. The summed E-state index contributed by atoms with van der Waals surface area (Å²) in [5, 5.41) is 5.64. The second-order valence-electron chi connectivity index (χ2n) is 6.82. The van der Waals surface area contributed by atoms with Crippen LogP contribution in [0.25, 0.3) is 10.6 Å². The highest BCUT2D eigenvalue weighted by Gasteiger charge is 2.23. The maximum absolute atomic E-state index is 13.0. The van der Waals surface area contributed by atoms with Crippen molar-refractivity contribution >= 4 is 28.0 Å². The zero-order chi connectivity index (χ0) is 18.5. The highest BCUT2D eigenvalue weighted by Crippen LogP contribution is 2.25. The lowest BCUT2D eigenvalue weighted by Crippen LogP contribution is -2.42. The first-order valence-corrected chi connectivity index (χ1v) is 11.2. The molecule has 0 radical (unpaired) electrons. The van der Waals surface area contributed by atoms with Gasteiger partial charge in [-0.2, -0.15) is 0 Å². The molecule has 1 fully saturated rings. The fraction of sp³-hybridized carbons (Fsp3) is 0.474. The van der Waals surface area contributed by atoms with Crippen LogP contribution in [0.2, 0.25) is 0 Å². The molecule has 1 saturated carbocycles. The lowest BCUT2D eigenvalue weighted by atomic mass is 9.86. The zero-order valence-electron chi connectivity index (χ0n) is 14.7. The summed E-state index contributed by atoms with van der Waals surface area (Å²) in [6, 6.07) is 6.34. The number of hydrogen-bond acceptors (Lipinski definition) is 4. The Balaban J connectivity index is 1.51. The van der Waals surface area contributed by atoms with Crippen molar-refractivity contribution < 1.29 is 13.4 Å². The third-order valence-electron chi connectivity index (χ3n) is 4.70. The number of carbonyl (C=O) groups excluding carboxylic acids is 1. The molecule has 1 heterocycles. The molecule has 3 atom stereocenters. The van der Waals surface area contributed by atoms with Gasteiger partial charge in [0.25, 0.3) is 0 Å². The predicted octanol–water partition coefficient (Wildman–Crippen LogP) is 3.89. The summed E-state index contributed by atoms with van der Waals surface area (Å²) in [7, 11) is -1.29. The Labute approximate surface area is 159 Å². The summed E-state index contributed by atoms with van der Waals surface area (Å²) in [4.78, 5) is 16.6. The molecule has 1 amide bonds. The van der Waals surface area contributed by atoms with Crippen molar-refractivity contribution in [2.24, 2.45) is 5.92 Å². The van der Waals surface area contributed by atoms with Crippen LogP contribution in [0.4, 0.5) is 4.39 Å². The van der Waals surface area contributed by atoms with Crippen LogP contribution in [0.5, 0.6) is 0 Å². The van der Waals surface area contributed by atoms with Gasteiger partial charge in [-0.3, -0.25) is 9.00 Å². The Kier molecular flexibility index (Phi) is 6.53. The van der Waals surface area contributed by atoms with Gasteiger partial charge in [-0.1, -0.05) is 19.8 Å². The lowest BCUT2D eigenvalue weighted by Gasteiger charge is -2.29. The zero-order valence-corrected chi connectivity index (χ0v) is 16.4. The van der Waals surface area contributed by atoms with Gasteiger partial charge in [0.2, 0.25) is 5.91 Å². The van der Waals surface area contributed by atoms with Crippen LogP contribution in [-0.4, -0.2) is 26.9 Å². The molecule has 0 unspecified atom stereocenters. The van der Waals surface area contributed by atoms with Gasteiger partial charge in [0.15, 0.2) is 0 Å². The smallest absolute Gasteiger partial charge is 0.232 e. The number of nitrogens with one attached hydrogen (secondary N) is 1. The number of carbonyl (C=O) groups is 1. The monoisotopic (exact) mass is 394 g/mol. The molecule has 2 aromatic rings. The number of nitrogens with zero attached hydrogens (tertiary/aromatic N) is 1. The summed E-state index contributed by atoms with van der Waals surface area (Å²) >= 11 is 1.43. The van der Waals surface area contributed by atoms with E-state index in [0.29, 0.717) is 11.6 Å². The van der Waals surface area contributed by atoms with E-state index in [-0.39, 0.29) is 29.3 Å². The third-order valence-corrected chi connectivity index (χ3v) is 6.84. The van der Waals surface area contributed by atoms with E-state index < -0.39 is 10.8 Å². The molecule has 1 N–H and O–H groups in total. The van der Waals surface area contributed by atoms with Crippen LogP contribution in [0, 0.1) is 11.7 Å². The molecular formula is C19H23FN2O2S2. The van der Waals surface area contributed by atoms with E-state index >= 15 is 0 Å².